The van der Waals surface area contributed by atoms with Crippen LogP contribution in [0.25, 0.3) is 0 Å². The second kappa shape index (κ2) is 6.88. The molecule has 23 heavy (non-hydrogen) atoms. The van der Waals surface area contributed by atoms with Gasteiger partial charge in [0.05, 0.1) is 11.3 Å². The molecule has 1 aromatic heterocycles. The van der Waals surface area contributed by atoms with Crippen molar-refractivity contribution in [3.63, 3.8) is 0 Å². The second-order valence-electron chi connectivity index (χ2n) is 5.04. The van der Waals surface area contributed by atoms with E-state index >= 15 is 0 Å². The van der Waals surface area contributed by atoms with Crippen LogP contribution in [0, 0.1) is 24.1 Å². The largest absolute Gasteiger partial charge is 0.494 e. The molecule has 2 rings (SSSR count). The van der Waals surface area contributed by atoms with Gasteiger partial charge in [-0.15, -0.1) is 0 Å². The number of benzene rings is 1. The lowest BCUT2D eigenvalue weighted by Crippen LogP contribution is -2.25. The van der Waals surface area contributed by atoms with Crippen molar-refractivity contribution in [2.45, 2.75) is 26.8 Å². The average Bonchev–Trinajstić information content (AvgIpc) is 2.53. The Kier molecular flexibility index (Phi) is 4.91. The molecule has 0 radical (unpaired) electrons. The summed E-state index contributed by atoms with van der Waals surface area (Å²) in [6.45, 7) is 3.75. The SMILES string of the molecule is CCCn1c(O)c(C=Nc2ccc(F)cc2)c(C)c(C#N)c1=O. The number of rotatable bonds is 4. The van der Waals surface area contributed by atoms with Crippen LogP contribution in [-0.4, -0.2) is 15.9 Å². The van der Waals surface area contributed by atoms with Gasteiger partial charge in [-0.25, -0.2) is 4.39 Å². The number of aromatic nitrogens is 1. The minimum absolute atomic E-state index is 0.0168. The van der Waals surface area contributed by atoms with E-state index < -0.39 is 5.56 Å². The highest BCUT2D eigenvalue weighted by Gasteiger charge is 2.17. The van der Waals surface area contributed by atoms with Crippen molar-refractivity contribution >= 4 is 11.9 Å². The smallest absolute Gasteiger partial charge is 0.271 e. The minimum atomic E-state index is -0.511. The molecular formula is C17H16FN3O2. The van der Waals surface area contributed by atoms with Crippen molar-refractivity contribution in [1.82, 2.24) is 4.57 Å². The highest BCUT2D eigenvalue weighted by molar-refractivity contribution is 5.87. The molecule has 1 aromatic carbocycles. The third-order valence-electron chi connectivity index (χ3n) is 3.46. The van der Waals surface area contributed by atoms with Crippen LogP contribution in [0.5, 0.6) is 5.88 Å². The first kappa shape index (κ1) is 16.4. The van der Waals surface area contributed by atoms with E-state index in [-0.39, 0.29) is 17.3 Å². The molecule has 0 amide bonds. The number of hydrogen-bond donors (Lipinski definition) is 1. The highest BCUT2D eigenvalue weighted by Crippen LogP contribution is 2.21. The molecule has 0 aliphatic carbocycles. The van der Waals surface area contributed by atoms with Crippen LogP contribution in [0.1, 0.15) is 30.0 Å². The minimum Gasteiger partial charge on any atom is -0.494 e. The third kappa shape index (κ3) is 3.29. The van der Waals surface area contributed by atoms with Gasteiger partial charge in [-0.2, -0.15) is 5.26 Å². The number of nitrogens with zero attached hydrogens (tertiary/aromatic N) is 3. The molecule has 5 nitrogen and oxygen atoms in total. The molecule has 1 heterocycles. The lowest BCUT2D eigenvalue weighted by molar-refractivity contribution is 0.403. The van der Waals surface area contributed by atoms with E-state index in [0.717, 1.165) is 4.57 Å². The van der Waals surface area contributed by atoms with Crippen LogP contribution in [-0.2, 0) is 6.54 Å². The van der Waals surface area contributed by atoms with Gasteiger partial charge < -0.3 is 5.11 Å². The fourth-order valence-electron chi connectivity index (χ4n) is 2.22. The maximum Gasteiger partial charge on any atom is 0.271 e. The van der Waals surface area contributed by atoms with Gasteiger partial charge in [0.2, 0.25) is 5.88 Å². The van der Waals surface area contributed by atoms with Crippen molar-refractivity contribution < 1.29 is 9.50 Å². The summed E-state index contributed by atoms with van der Waals surface area (Å²) >= 11 is 0. The molecule has 0 aliphatic heterocycles. The van der Waals surface area contributed by atoms with E-state index in [4.69, 9.17) is 0 Å². The standard InChI is InChI=1S/C17H16FN3O2/c1-3-8-21-16(22)14(9-19)11(2)15(17(21)23)10-20-13-6-4-12(18)5-7-13/h4-7,10,23H,3,8H2,1-2H3. The monoisotopic (exact) mass is 313 g/mol. The molecule has 0 bridgehead atoms. The zero-order valence-electron chi connectivity index (χ0n) is 12.9. The van der Waals surface area contributed by atoms with E-state index in [0.29, 0.717) is 29.8 Å². The molecule has 0 saturated carbocycles. The van der Waals surface area contributed by atoms with Crippen molar-refractivity contribution in [3.05, 3.63) is 57.1 Å². The number of hydrogen-bond acceptors (Lipinski definition) is 4. The van der Waals surface area contributed by atoms with Gasteiger partial charge in [0.15, 0.2) is 0 Å². The number of nitriles is 1. The first-order valence-electron chi connectivity index (χ1n) is 7.15. The van der Waals surface area contributed by atoms with Gasteiger partial charge in [-0.1, -0.05) is 6.92 Å². The zero-order chi connectivity index (χ0) is 17.0. The number of aliphatic imine (C=N–C) groups is 1. The molecule has 1 N–H and O–H groups in total. The molecule has 0 aliphatic rings. The van der Waals surface area contributed by atoms with Crippen LogP contribution in [0.15, 0.2) is 34.1 Å². The van der Waals surface area contributed by atoms with Gasteiger partial charge in [-0.3, -0.25) is 14.4 Å². The predicted octanol–water partition coefficient (Wildman–Crippen LogP) is 3.03. The number of aromatic hydroxyl groups is 1. The molecule has 0 unspecified atom stereocenters. The molecular weight excluding hydrogens is 297 g/mol. The maximum absolute atomic E-state index is 12.9. The topological polar surface area (TPSA) is 78.4 Å². The van der Waals surface area contributed by atoms with Crippen molar-refractivity contribution in [2.24, 2.45) is 4.99 Å². The Balaban J connectivity index is 2.57. The Labute approximate surface area is 133 Å². The predicted molar refractivity (Wildman–Crippen MR) is 85.8 cm³/mol. The molecule has 0 atom stereocenters. The highest BCUT2D eigenvalue weighted by atomic mass is 19.1. The Hall–Kier alpha value is -2.94. The molecule has 6 heteroatoms. The number of halogens is 1. The van der Waals surface area contributed by atoms with E-state index in [9.17, 15) is 19.6 Å². The second-order valence-corrected chi connectivity index (χ2v) is 5.04. The summed E-state index contributed by atoms with van der Waals surface area (Å²) in [4.78, 5) is 16.4. The summed E-state index contributed by atoms with van der Waals surface area (Å²) in [5.41, 5.74) is 0.643. The van der Waals surface area contributed by atoms with Gasteiger partial charge in [0.25, 0.3) is 5.56 Å². The molecule has 0 fully saturated rings. The van der Waals surface area contributed by atoms with E-state index in [2.05, 4.69) is 4.99 Å². The summed E-state index contributed by atoms with van der Waals surface area (Å²) in [6.07, 6.45) is 2.01. The van der Waals surface area contributed by atoms with E-state index in [1.165, 1.54) is 30.5 Å². The van der Waals surface area contributed by atoms with Gasteiger partial charge in [0, 0.05) is 12.8 Å². The first-order valence-corrected chi connectivity index (χ1v) is 7.15. The quantitative estimate of drug-likeness (QED) is 0.881. The molecule has 2 aromatic rings. The first-order chi connectivity index (χ1) is 11.0. The van der Waals surface area contributed by atoms with Crippen LogP contribution < -0.4 is 5.56 Å². The summed E-state index contributed by atoms with van der Waals surface area (Å²) < 4.78 is 14.1. The Morgan fingerprint density at radius 3 is 2.61 bits per heavy atom. The Morgan fingerprint density at radius 1 is 1.39 bits per heavy atom. The summed E-state index contributed by atoms with van der Waals surface area (Å²) in [5.74, 6) is -0.592. The summed E-state index contributed by atoms with van der Waals surface area (Å²) in [5, 5.41) is 19.5. The Bertz CT molecular complexity index is 846. The summed E-state index contributed by atoms with van der Waals surface area (Å²) in [6, 6.07) is 7.41. The van der Waals surface area contributed by atoms with Gasteiger partial charge >= 0.3 is 0 Å². The maximum atomic E-state index is 12.9. The van der Waals surface area contributed by atoms with Crippen molar-refractivity contribution in [2.75, 3.05) is 0 Å². The van der Waals surface area contributed by atoms with Crippen molar-refractivity contribution in [3.8, 4) is 11.9 Å². The van der Waals surface area contributed by atoms with Gasteiger partial charge in [0.1, 0.15) is 17.4 Å². The molecule has 118 valence electrons. The lowest BCUT2D eigenvalue weighted by atomic mass is 10.1. The van der Waals surface area contributed by atoms with Crippen LogP contribution in [0.3, 0.4) is 0 Å². The molecule has 0 saturated heterocycles. The average molecular weight is 313 g/mol. The number of pyridine rings is 1. The lowest BCUT2D eigenvalue weighted by Gasteiger charge is -2.13. The van der Waals surface area contributed by atoms with E-state index in [1.54, 1.807) is 6.92 Å². The third-order valence-corrected chi connectivity index (χ3v) is 3.46. The fraction of sp³-hybridized carbons (Fsp3) is 0.235. The van der Waals surface area contributed by atoms with Crippen LogP contribution >= 0.6 is 0 Å². The molecule has 0 spiro atoms. The van der Waals surface area contributed by atoms with Gasteiger partial charge in [-0.05, 0) is 43.2 Å². The van der Waals surface area contributed by atoms with E-state index in [1.807, 2.05) is 13.0 Å². The van der Waals surface area contributed by atoms with Crippen molar-refractivity contribution in [1.29, 1.82) is 5.26 Å². The normalized spacial score (nSPS) is 10.9. The van der Waals surface area contributed by atoms with Crippen LogP contribution in [0.2, 0.25) is 0 Å². The Morgan fingerprint density at radius 2 is 2.04 bits per heavy atom. The fourth-order valence-corrected chi connectivity index (χ4v) is 2.22. The zero-order valence-corrected chi connectivity index (χ0v) is 12.9. The van der Waals surface area contributed by atoms with Crippen LogP contribution in [0.4, 0.5) is 10.1 Å². The summed E-state index contributed by atoms with van der Waals surface area (Å²) in [7, 11) is 0.